The van der Waals surface area contributed by atoms with E-state index in [4.69, 9.17) is 0 Å². The maximum atomic E-state index is 11.5. The van der Waals surface area contributed by atoms with Crippen molar-refractivity contribution in [2.75, 3.05) is 28.6 Å². The molecular weight excluding hydrogens is 304 g/mol. The fourth-order valence-corrected chi connectivity index (χ4v) is 2.69. The van der Waals surface area contributed by atoms with Crippen molar-refractivity contribution in [3.05, 3.63) is 24.3 Å². The van der Waals surface area contributed by atoms with Crippen LogP contribution < -0.4 is 10.2 Å². The minimum absolute atomic E-state index is 0.0522. The first-order chi connectivity index (χ1) is 9.19. The van der Waals surface area contributed by atoms with E-state index < -0.39 is 0 Å². The normalized spacial score (nSPS) is 16.4. The van der Waals surface area contributed by atoms with Gasteiger partial charge < -0.3 is 10.2 Å². The van der Waals surface area contributed by atoms with E-state index in [0.717, 1.165) is 24.7 Å². The lowest BCUT2D eigenvalue weighted by Crippen LogP contribution is -2.32. The number of benzene rings is 1. The Hall–Kier alpha value is -1.03. The summed E-state index contributed by atoms with van der Waals surface area (Å²) in [5.41, 5.74) is 2.13. The van der Waals surface area contributed by atoms with Gasteiger partial charge in [0.1, 0.15) is 0 Å². The molecule has 1 N–H and O–H groups in total. The molecule has 1 heterocycles. The van der Waals surface area contributed by atoms with Gasteiger partial charge in [0.25, 0.3) is 0 Å². The molecular formula is C15H21BrN2O. The molecule has 104 valence electrons. The molecule has 4 heteroatoms. The highest BCUT2D eigenvalue weighted by Crippen LogP contribution is 2.24. The van der Waals surface area contributed by atoms with Gasteiger partial charge in [-0.2, -0.15) is 0 Å². The summed E-state index contributed by atoms with van der Waals surface area (Å²) >= 11 is 3.26. The molecule has 0 aromatic heterocycles. The number of carbonyl (C=O) groups is 1. The molecule has 0 bridgehead atoms. The van der Waals surface area contributed by atoms with Crippen molar-refractivity contribution >= 4 is 33.2 Å². The van der Waals surface area contributed by atoms with Crippen LogP contribution in [0.2, 0.25) is 0 Å². The number of alkyl halides is 1. The topological polar surface area (TPSA) is 32.3 Å². The fraction of sp³-hybridized carbons (Fsp3) is 0.533. The summed E-state index contributed by atoms with van der Waals surface area (Å²) in [5, 5.41) is 3.59. The summed E-state index contributed by atoms with van der Waals surface area (Å²) in [4.78, 5) is 13.9. The van der Waals surface area contributed by atoms with Crippen molar-refractivity contribution < 1.29 is 4.79 Å². The second kappa shape index (κ2) is 6.94. The van der Waals surface area contributed by atoms with Gasteiger partial charge in [-0.05, 0) is 43.0 Å². The summed E-state index contributed by atoms with van der Waals surface area (Å²) in [6.45, 7) is 4.59. The number of hydrogen-bond acceptors (Lipinski definition) is 2. The lowest BCUT2D eigenvalue weighted by atomic mass is 9.99. The van der Waals surface area contributed by atoms with E-state index in [0.29, 0.717) is 11.8 Å². The highest BCUT2D eigenvalue weighted by Gasteiger charge is 2.15. The van der Waals surface area contributed by atoms with Crippen LogP contribution in [0.1, 0.15) is 26.2 Å². The number of carbonyl (C=O) groups excluding carboxylic acids is 1. The lowest BCUT2D eigenvalue weighted by molar-refractivity contribution is -0.115. The van der Waals surface area contributed by atoms with Crippen LogP contribution in [0.3, 0.4) is 0 Å². The molecule has 1 fully saturated rings. The van der Waals surface area contributed by atoms with E-state index in [-0.39, 0.29) is 5.91 Å². The molecule has 1 saturated heterocycles. The molecule has 19 heavy (non-hydrogen) atoms. The third kappa shape index (κ3) is 4.23. The quantitative estimate of drug-likeness (QED) is 0.857. The third-order valence-corrected chi connectivity index (χ3v) is 4.02. The van der Waals surface area contributed by atoms with Crippen LogP contribution in [0, 0.1) is 5.92 Å². The Labute approximate surface area is 123 Å². The third-order valence-electron chi connectivity index (χ3n) is 3.62. The van der Waals surface area contributed by atoms with Gasteiger partial charge in [0, 0.05) is 36.2 Å². The first-order valence-electron chi connectivity index (χ1n) is 6.90. The van der Waals surface area contributed by atoms with Crippen LogP contribution in [0.5, 0.6) is 0 Å². The lowest BCUT2D eigenvalue weighted by Gasteiger charge is -2.32. The molecule has 0 spiro atoms. The minimum atomic E-state index is 0.0522. The molecule has 1 aromatic rings. The molecule has 1 aromatic carbocycles. The summed E-state index contributed by atoms with van der Waals surface area (Å²) in [7, 11) is 0. The first-order valence-corrected chi connectivity index (χ1v) is 8.02. The van der Waals surface area contributed by atoms with Gasteiger partial charge in [-0.25, -0.2) is 0 Å². The Bertz CT molecular complexity index is 411. The van der Waals surface area contributed by atoms with Gasteiger partial charge in [-0.3, -0.25) is 4.79 Å². The van der Waals surface area contributed by atoms with Crippen molar-refractivity contribution in [3.8, 4) is 0 Å². The van der Waals surface area contributed by atoms with Crippen molar-refractivity contribution in [3.63, 3.8) is 0 Å². The van der Waals surface area contributed by atoms with Crippen LogP contribution in [0.15, 0.2) is 24.3 Å². The SMILES string of the molecule is CC1CCN(c2ccc(NC(=O)CCBr)cc2)CC1. The molecule has 0 unspecified atom stereocenters. The predicted octanol–water partition coefficient (Wildman–Crippen LogP) is 3.65. The molecule has 2 rings (SSSR count). The van der Waals surface area contributed by atoms with Gasteiger partial charge >= 0.3 is 0 Å². The van der Waals surface area contributed by atoms with E-state index in [1.54, 1.807) is 0 Å². The Kier molecular flexibility index (Phi) is 5.25. The minimum Gasteiger partial charge on any atom is -0.372 e. The van der Waals surface area contributed by atoms with E-state index >= 15 is 0 Å². The molecule has 0 saturated carbocycles. The molecule has 1 amide bonds. The standard InChI is InChI=1S/C15H21BrN2O/c1-12-7-10-18(11-8-12)14-4-2-13(3-5-14)17-15(19)6-9-16/h2-5,12H,6-11H2,1H3,(H,17,19). The zero-order valence-corrected chi connectivity index (χ0v) is 12.9. The maximum absolute atomic E-state index is 11.5. The zero-order valence-electron chi connectivity index (χ0n) is 11.4. The molecule has 1 aliphatic rings. The number of nitrogens with one attached hydrogen (secondary N) is 1. The van der Waals surface area contributed by atoms with Crippen molar-refractivity contribution in [1.29, 1.82) is 0 Å². The summed E-state index contributed by atoms with van der Waals surface area (Å²) in [6, 6.07) is 8.17. The second-order valence-corrected chi connectivity index (χ2v) is 6.00. The van der Waals surface area contributed by atoms with E-state index in [1.165, 1.54) is 18.5 Å². The van der Waals surface area contributed by atoms with E-state index in [1.807, 2.05) is 12.1 Å². The number of rotatable bonds is 4. The smallest absolute Gasteiger partial charge is 0.225 e. The van der Waals surface area contributed by atoms with Gasteiger partial charge in [0.15, 0.2) is 0 Å². The number of anilines is 2. The molecule has 0 aliphatic carbocycles. The number of hydrogen-bond donors (Lipinski definition) is 1. The maximum Gasteiger partial charge on any atom is 0.225 e. The van der Waals surface area contributed by atoms with Crippen molar-refractivity contribution in [2.24, 2.45) is 5.92 Å². The second-order valence-electron chi connectivity index (χ2n) is 5.20. The largest absolute Gasteiger partial charge is 0.372 e. The number of nitrogens with zero attached hydrogens (tertiary/aromatic N) is 1. The summed E-state index contributed by atoms with van der Waals surface area (Å²) < 4.78 is 0. The highest BCUT2D eigenvalue weighted by atomic mass is 79.9. The van der Waals surface area contributed by atoms with Gasteiger partial charge in [0.05, 0.1) is 0 Å². The summed E-state index contributed by atoms with van der Waals surface area (Å²) in [6.07, 6.45) is 3.04. The number of piperidine rings is 1. The van der Waals surface area contributed by atoms with Crippen molar-refractivity contribution in [1.82, 2.24) is 0 Å². The van der Waals surface area contributed by atoms with Crippen LogP contribution in [0.4, 0.5) is 11.4 Å². The number of halogens is 1. The van der Waals surface area contributed by atoms with Crippen LogP contribution in [0.25, 0.3) is 0 Å². The van der Waals surface area contributed by atoms with E-state index in [2.05, 4.69) is 45.2 Å². The zero-order chi connectivity index (χ0) is 13.7. The average Bonchev–Trinajstić information content (AvgIpc) is 2.41. The molecule has 0 atom stereocenters. The van der Waals surface area contributed by atoms with Crippen LogP contribution >= 0.6 is 15.9 Å². The monoisotopic (exact) mass is 324 g/mol. The highest BCUT2D eigenvalue weighted by molar-refractivity contribution is 9.09. The Morgan fingerprint density at radius 3 is 2.53 bits per heavy atom. The Morgan fingerprint density at radius 1 is 1.32 bits per heavy atom. The van der Waals surface area contributed by atoms with Gasteiger partial charge in [-0.1, -0.05) is 22.9 Å². The van der Waals surface area contributed by atoms with Crippen LogP contribution in [-0.2, 0) is 4.79 Å². The molecule has 3 nitrogen and oxygen atoms in total. The van der Waals surface area contributed by atoms with Gasteiger partial charge in [-0.15, -0.1) is 0 Å². The van der Waals surface area contributed by atoms with Crippen molar-refractivity contribution in [2.45, 2.75) is 26.2 Å². The Balaban J connectivity index is 1.92. The van der Waals surface area contributed by atoms with E-state index in [9.17, 15) is 4.79 Å². The Morgan fingerprint density at radius 2 is 1.95 bits per heavy atom. The average molecular weight is 325 g/mol. The van der Waals surface area contributed by atoms with Gasteiger partial charge in [0.2, 0.25) is 5.91 Å². The molecule has 1 aliphatic heterocycles. The predicted molar refractivity (Wildman–Crippen MR) is 84.1 cm³/mol. The number of amides is 1. The first kappa shape index (κ1) is 14.4. The summed E-state index contributed by atoms with van der Waals surface area (Å²) in [5.74, 6) is 0.899. The fourth-order valence-electron chi connectivity index (χ4n) is 2.33. The molecule has 0 radical (unpaired) electrons. The van der Waals surface area contributed by atoms with Crippen LogP contribution in [-0.4, -0.2) is 24.3 Å².